The number of hydrogen-bond acceptors (Lipinski definition) is 5. The predicted molar refractivity (Wildman–Crippen MR) is 90.8 cm³/mol. The molecule has 2 rings (SSSR count). The zero-order valence-electron chi connectivity index (χ0n) is 13.5. The van der Waals surface area contributed by atoms with Crippen molar-refractivity contribution in [2.45, 2.75) is 18.2 Å². The molecule has 24 heavy (non-hydrogen) atoms. The van der Waals surface area contributed by atoms with E-state index in [1.807, 2.05) is 6.92 Å². The van der Waals surface area contributed by atoms with E-state index < -0.39 is 16.0 Å². The first-order valence-electron chi connectivity index (χ1n) is 7.40. The second kappa shape index (κ2) is 7.83. The van der Waals surface area contributed by atoms with Gasteiger partial charge in [-0.2, -0.15) is 0 Å². The van der Waals surface area contributed by atoms with Gasteiger partial charge in [0.05, 0.1) is 24.2 Å². The number of ether oxygens (including phenoxy) is 2. The van der Waals surface area contributed by atoms with Crippen LogP contribution < -0.4 is 9.46 Å². The zero-order chi connectivity index (χ0) is 17.6. The number of benzene rings is 2. The molecule has 2 aromatic rings. The Balaban J connectivity index is 2.11. The molecule has 0 heterocycles. The van der Waals surface area contributed by atoms with Crippen LogP contribution in [0.1, 0.15) is 23.7 Å². The summed E-state index contributed by atoms with van der Waals surface area (Å²) in [6.07, 6.45) is 0.878. The molecule has 0 fully saturated rings. The van der Waals surface area contributed by atoms with Gasteiger partial charge in [0.2, 0.25) is 0 Å². The summed E-state index contributed by atoms with van der Waals surface area (Å²) in [4.78, 5) is 11.5. The zero-order valence-corrected chi connectivity index (χ0v) is 14.3. The minimum absolute atomic E-state index is 0.128. The van der Waals surface area contributed by atoms with Crippen LogP contribution in [0, 0.1) is 0 Å². The number of nitrogens with one attached hydrogen (secondary N) is 1. The molecule has 0 unspecified atom stereocenters. The van der Waals surface area contributed by atoms with Gasteiger partial charge in [-0.25, -0.2) is 13.2 Å². The summed E-state index contributed by atoms with van der Waals surface area (Å²) in [5.41, 5.74) is 0.701. The SMILES string of the molecule is CCCOc1ccc(S(=O)(=O)Nc2ccc(C(=O)OC)cc2)cc1. The van der Waals surface area contributed by atoms with Crippen LogP contribution in [-0.2, 0) is 14.8 Å². The van der Waals surface area contributed by atoms with Gasteiger partial charge in [0.25, 0.3) is 10.0 Å². The van der Waals surface area contributed by atoms with Gasteiger partial charge >= 0.3 is 5.97 Å². The number of hydrogen-bond donors (Lipinski definition) is 1. The molecule has 0 aliphatic rings. The van der Waals surface area contributed by atoms with E-state index in [0.717, 1.165) is 6.42 Å². The maximum atomic E-state index is 12.4. The lowest BCUT2D eigenvalue weighted by molar-refractivity contribution is 0.0601. The van der Waals surface area contributed by atoms with Crippen molar-refractivity contribution in [1.29, 1.82) is 0 Å². The van der Waals surface area contributed by atoms with Crippen molar-refractivity contribution < 1.29 is 22.7 Å². The van der Waals surface area contributed by atoms with Crippen molar-refractivity contribution in [2.24, 2.45) is 0 Å². The van der Waals surface area contributed by atoms with Crippen LogP contribution in [0.5, 0.6) is 5.75 Å². The second-order valence-corrected chi connectivity index (χ2v) is 6.68. The molecule has 6 nitrogen and oxygen atoms in total. The van der Waals surface area contributed by atoms with Crippen LogP contribution in [0.15, 0.2) is 53.4 Å². The fourth-order valence-electron chi connectivity index (χ4n) is 1.94. The normalized spacial score (nSPS) is 10.9. The smallest absolute Gasteiger partial charge is 0.337 e. The van der Waals surface area contributed by atoms with Gasteiger partial charge in [-0.3, -0.25) is 4.72 Å². The molecular formula is C17H19NO5S. The molecule has 7 heteroatoms. The number of esters is 1. The summed E-state index contributed by atoms with van der Waals surface area (Å²) >= 11 is 0. The number of rotatable bonds is 7. The highest BCUT2D eigenvalue weighted by Gasteiger charge is 2.14. The lowest BCUT2D eigenvalue weighted by Gasteiger charge is -2.10. The maximum Gasteiger partial charge on any atom is 0.337 e. The van der Waals surface area contributed by atoms with E-state index in [9.17, 15) is 13.2 Å². The molecule has 128 valence electrons. The van der Waals surface area contributed by atoms with E-state index >= 15 is 0 Å². The van der Waals surface area contributed by atoms with Crippen molar-refractivity contribution in [1.82, 2.24) is 0 Å². The lowest BCUT2D eigenvalue weighted by atomic mass is 10.2. The standard InChI is InChI=1S/C17H19NO5S/c1-3-12-23-15-8-10-16(11-9-15)24(20,21)18-14-6-4-13(5-7-14)17(19)22-2/h4-11,18H,3,12H2,1-2H3. The minimum Gasteiger partial charge on any atom is -0.494 e. The van der Waals surface area contributed by atoms with Gasteiger partial charge in [-0.1, -0.05) is 6.92 Å². The first-order chi connectivity index (χ1) is 11.5. The lowest BCUT2D eigenvalue weighted by Crippen LogP contribution is -2.13. The van der Waals surface area contributed by atoms with Crippen LogP contribution in [0.25, 0.3) is 0 Å². The molecule has 0 saturated carbocycles. The average Bonchev–Trinajstić information content (AvgIpc) is 2.60. The number of carbonyl (C=O) groups excluding carboxylic acids is 1. The monoisotopic (exact) mass is 349 g/mol. The third-order valence-corrected chi connectivity index (χ3v) is 4.56. The van der Waals surface area contributed by atoms with E-state index in [1.165, 1.54) is 43.5 Å². The number of methoxy groups -OCH3 is 1. The number of carbonyl (C=O) groups is 1. The Labute approximate surface area is 141 Å². The highest BCUT2D eigenvalue weighted by atomic mass is 32.2. The Morgan fingerprint density at radius 3 is 2.21 bits per heavy atom. The maximum absolute atomic E-state index is 12.4. The van der Waals surface area contributed by atoms with Gasteiger partial charge in [-0.05, 0) is 55.0 Å². The molecule has 0 aromatic heterocycles. The summed E-state index contributed by atoms with van der Waals surface area (Å²) in [7, 11) is -2.43. The second-order valence-electron chi connectivity index (χ2n) is 4.99. The Kier molecular flexibility index (Phi) is 5.81. The summed E-state index contributed by atoms with van der Waals surface area (Å²) in [6.45, 7) is 2.57. The molecular weight excluding hydrogens is 330 g/mol. The van der Waals surface area contributed by atoms with Crippen LogP contribution in [0.3, 0.4) is 0 Å². The fourth-order valence-corrected chi connectivity index (χ4v) is 3.00. The van der Waals surface area contributed by atoms with Crippen molar-refractivity contribution in [3.63, 3.8) is 0 Å². The van der Waals surface area contributed by atoms with Gasteiger partial charge in [0, 0.05) is 5.69 Å². The van der Waals surface area contributed by atoms with E-state index in [-0.39, 0.29) is 4.90 Å². The van der Waals surface area contributed by atoms with Crippen LogP contribution >= 0.6 is 0 Å². The van der Waals surface area contributed by atoms with E-state index in [2.05, 4.69) is 9.46 Å². The molecule has 0 bridgehead atoms. The Morgan fingerprint density at radius 1 is 1.04 bits per heavy atom. The van der Waals surface area contributed by atoms with E-state index in [1.54, 1.807) is 12.1 Å². The third-order valence-electron chi connectivity index (χ3n) is 3.17. The highest BCUT2D eigenvalue weighted by molar-refractivity contribution is 7.92. The molecule has 0 atom stereocenters. The van der Waals surface area contributed by atoms with Crippen molar-refractivity contribution in [3.05, 3.63) is 54.1 Å². The molecule has 2 aromatic carbocycles. The van der Waals surface area contributed by atoms with Crippen LogP contribution in [-0.4, -0.2) is 28.1 Å². The highest BCUT2D eigenvalue weighted by Crippen LogP contribution is 2.20. The number of sulfonamides is 1. The Morgan fingerprint density at radius 2 is 1.67 bits per heavy atom. The largest absolute Gasteiger partial charge is 0.494 e. The summed E-state index contributed by atoms with van der Waals surface area (Å²) < 4.78 is 37.2. The topological polar surface area (TPSA) is 81.7 Å². The Bertz CT molecular complexity index is 783. The van der Waals surface area contributed by atoms with Crippen molar-refractivity contribution in [3.8, 4) is 5.75 Å². The first kappa shape index (κ1) is 17.8. The summed E-state index contributed by atoms with van der Waals surface area (Å²) in [5, 5.41) is 0. The van der Waals surface area contributed by atoms with E-state index in [0.29, 0.717) is 23.6 Å². The first-order valence-corrected chi connectivity index (χ1v) is 8.88. The van der Waals surface area contributed by atoms with E-state index in [4.69, 9.17) is 4.74 Å². The fraction of sp³-hybridized carbons (Fsp3) is 0.235. The molecule has 0 saturated heterocycles. The minimum atomic E-state index is -3.71. The third kappa shape index (κ3) is 4.48. The van der Waals surface area contributed by atoms with Crippen LogP contribution in [0.2, 0.25) is 0 Å². The molecule has 0 aliphatic heterocycles. The van der Waals surface area contributed by atoms with Crippen LogP contribution in [0.4, 0.5) is 5.69 Å². The molecule has 0 radical (unpaired) electrons. The molecule has 1 N–H and O–H groups in total. The average molecular weight is 349 g/mol. The van der Waals surface area contributed by atoms with Gasteiger partial charge < -0.3 is 9.47 Å². The van der Waals surface area contributed by atoms with Gasteiger partial charge in [0.15, 0.2) is 0 Å². The van der Waals surface area contributed by atoms with Gasteiger partial charge in [-0.15, -0.1) is 0 Å². The Hall–Kier alpha value is -2.54. The number of anilines is 1. The summed E-state index contributed by atoms with van der Waals surface area (Å²) in [6, 6.07) is 12.2. The predicted octanol–water partition coefficient (Wildman–Crippen LogP) is 3.06. The van der Waals surface area contributed by atoms with Crippen molar-refractivity contribution >= 4 is 21.7 Å². The quantitative estimate of drug-likeness (QED) is 0.777. The molecule has 0 aliphatic carbocycles. The molecule has 0 amide bonds. The van der Waals surface area contributed by atoms with Gasteiger partial charge in [0.1, 0.15) is 5.75 Å². The molecule has 0 spiro atoms. The van der Waals surface area contributed by atoms with Crippen molar-refractivity contribution in [2.75, 3.05) is 18.4 Å². The summed E-state index contributed by atoms with van der Waals surface area (Å²) in [5.74, 6) is 0.144.